The third kappa shape index (κ3) is 4.67. The number of anilines is 2. The van der Waals surface area contributed by atoms with Crippen LogP contribution in [0, 0.1) is 0 Å². The van der Waals surface area contributed by atoms with Gasteiger partial charge in [0.2, 0.25) is 0 Å². The number of fused-ring (bicyclic) bond motifs is 4. The first-order valence-corrected chi connectivity index (χ1v) is 14.5. The molecule has 0 fully saturated rings. The highest BCUT2D eigenvalue weighted by Crippen LogP contribution is 2.37. The molecule has 2 aromatic heterocycles. The summed E-state index contributed by atoms with van der Waals surface area (Å²) in [6, 6.07) is 55.0. The van der Waals surface area contributed by atoms with Crippen LogP contribution in [0.15, 0.2) is 158 Å². The van der Waals surface area contributed by atoms with Crippen molar-refractivity contribution < 1.29 is 0 Å². The number of nitrogens with one attached hydrogen (secondary N) is 1. The lowest BCUT2D eigenvalue weighted by molar-refractivity contribution is 1.39. The largest absolute Gasteiger partial charge is 0.356 e. The van der Waals surface area contributed by atoms with E-state index >= 15 is 0 Å². The molecule has 0 aliphatic rings. The predicted molar refractivity (Wildman–Crippen MR) is 181 cm³/mol. The standard InChI is InChI=1S/C40H27N3/c1-3-10-27(11-4-1)28-18-22-32(23-19-28)41-33-15-9-14-31(26-33)36-25-21-30-20-24-35-38(29-12-5-2-6-13-29)34-16-7-8-17-37(34)43-40(35)39(30)42-36/h1-26,41H. The van der Waals surface area contributed by atoms with Crippen molar-refractivity contribution in [3.05, 3.63) is 158 Å². The third-order valence-corrected chi connectivity index (χ3v) is 8.01. The summed E-state index contributed by atoms with van der Waals surface area (Å²) in [5.74, 6) is 0. The van der Waals surface area contributed by atoms with Crippen molar-refractivity contribution in [2.24, 2.45) is 0 Å². The molecular formula is C40H27N3. The third-order valence-electron chi connectivity index (χ3n) is 8.01. The normalized spacial score (nSPS) is 11.3. The number of nitrogens with zero attached hydrogens (tertiary/aromatic N) is 2. The van der Waals surface area contributed by atoms with Gasteiger partial charge in [0.25, 0.3) is 0 Å². The monoisotopic (exact) mass is 549 g/mol. The van der Waals surface area contributed by atoms with Gasteiger partial charge in [-0.05, 0) is 53.1 Å². The van der Waals surface area contributed by atoms with Gasteiger partial charge >= 0.3 is 0 Å². The van der Waals surface area contributed by atoms with Crippen LogP contribution in [0.4, 0.5) is 11.4 Å². The van der Waals surface area contributed by atoms with E-state index in [1.54, 1.807) is 0 Å². The topological polar surface area (TPSA) is 37.8 Å². The van der Waals surface area contributed by atoms with E-state index in [4.69, 9.17) is 9.97 Å². The van der Waals surface area contributed by atoms with Gasteiger partial charge in [-0.15, -0.1) is 0 Å². The van der Waals surface area contributed by atoms with Gasteiger partial charge in [0.15, 0.2) is 0 Å². The quantitative estimate of drug-likeness (QED) is 0.171. The first kappa shape index (κ1) is 25.0. The van der Waals surface area contributed by atoms with Crippen LogP contribution in [0.2, 0.25) is 0 Å². The molecule has 3 nitrogen and oxygen atoms in total. The molecule has 0 spiro atoms. The molecule has 0 amide bonds. The van der Waals surface area contributed by atoms with Crippen LogP contribution >= 0.6 is 0 Å². The molecule has 6 aromatic carbocycles. The van der Waals surface area contributed by atoms with Gasteiger partial charge < -0.3 is 5.32 Å². The molecule has 0 atom stereocenters. The highest BCUT2D eigenvalue weighted by atomic mass is 14.9. The van der Waals surface area contributed by atoms with Crippen LogP contribution in [-0.2, 0) is 0 Å². The van der Waals surface area contributed by atoms with Gasteiger partial charge in [0, 0.05) is 38.7 Å². The van der Waals surface area contributed by atoms with Gasteiger partial charge in [-0.3, -0.25) is 0 Å². The molecule has 0 unspecified atom stereocenters. The number of rotatable bonds is 5. The second kappa shape index (κ2) is 10.6. The fraction of sp³-hybridized carbons (Fsp3) is 0. The summed E-state index contributed by atoms with van der Waals surface area (Å²) < 4.78 is 0. The minimum Gasteiger partial charge on any atom is -0.356 e. The van der Waals surface area contributed by atoms with Crippen molar-refractivity contribution in [2.45, 2.75) is 0 Å². The van der Waals surface area contributed by atoms with E-state index < -0.39 is 0 Å². The van der Waals surface area contributed by atoms with Crippen LogP contribution in [0.1, 0.15) is 0 Å². The minimum atomic E-state index is 0.910. The Morgan fingerprint density at radius 3 is 1.88 bits per heavy atom. The highest BCUT2D eigenvalue weighted by molar-refractivity contribution is 6.16. The average Bonchev–Trinajstić information content (AvgIpc) is 3.08. The Labute approximate surface area is 250 Å². The number of pyridine rings is 2. The SMILES string of the molecule is c1ccc(-c2ccc(Nc3cccc(-c4ccc5ccc6c(-c7ccccc7)c7ccccc7nc6c5n4)c3)cc2)cc1. The van der Waals surface area contributed by atoms with Crippen LogP contribution in [0.25, 0.3) is 66.2 Å². The molecule has 8 aromatic rings. The Hall–Kier alpha value is -5.80. The second-order valence-electron chi connectivity index (χ2n) is 10.7. The number of hydrogen-bond acceptors (Lipinski definition) is 3. The van der Waals surface area contributed by atoms with Gasteiger partial charge in [-0.25, -0.2) is 9.97 Å². The van der Waals surface area contributed by atoms with E-state index in [2.05, 4.69) is 151 Å². The van der Waals surface area contributed by atoms with E-state index in [0.717, 1.165) is 55.3 Å². The second-order valence-corrected chi connectivity index (χ2v) is 10.7. The van der Waals surface area contributed by atoms with Crippen molar-refractivity contribution in [2.75, 3.05) is 5.32 Å². The average molecular weight is 550 g/mol. The van der Waals surface area contributed by atoms with Crippen molar-refractivity contribution in [1.82, 2.24) is 9.97 Å². The molecule has 8 rings (SSSR count). The summed E-state index contributed by atoms with van der Waals surface area (Å²) in [4.78, 5) is 10.4. The number of hydrogen-bond donors (Lipinski definition) is 1. The predicted octanol–water partition coefficient (Wildman–Crippen LogP) is 10.7. The van der Waals surface area contributed by atoms with E-state index in [-0.39, 0.29) is 0 Å². The lowest BCUT2D eigenvalue weighted by atomic mass is 9.95. The van der Waals surface area contributed by atoms with Crippen LogP contribution in [-0.4, -0.2) is 9.97 Å². The van der Waals surface area contributed by atoms with Crippen LogP contribution < -0.4 is 5.32 Å². The molecule has 0 bridgehead atoms. The minimum absolute atomic E-state index is 0.910. The Morgan fingerprint density at radius 2 is 1.07 bits per heavy atom. The van der Waals surface area contributed by atoms with Gasteiger partial charge in [-0.1, -0.05) is 121 Å². The number of benzene rings is 6. The molecule has 202 valence electrons. The Kier molecular flexibility index (Phi) is 6.12. The van der Waals surface area contributed by atoms with Gasteiger partial charge in [0.1, 0.15) is 0 Å². The molecule has 3 heteroatoms. The zero-order valence-electron chi connectivity index (χ0n) is 23.4. The summed E-state index contributed by atoms with van der Waals surface area (Å²) in [7, 11) is 0. The fourth-order valence-electron chi connectivity index (χ4n) is 5.91. The molecular weight excluding hydrogens is 522 g/mol. The molecule has 0 aliphatic carbocycles. The van der Waals surface area contributed by atoms with E-state index in [1.165, 1.54) is 22.3 Å². The first-order chi connectivity index (χ1) is 21.3. The van der Waals surface area contributed by atoms with Crippen molar-refractivity contribution in [1.29, 1.82) is 0 Å². The molecule has 0 saturated carbocycles. The maximum atomic E-state index is 5.22. The van der Waals surface area contributed by atoms with Gasteiger partial charge in [-0.2, -0.15) is 0 Å². The summed E-state index contributed by atoms with van der Waals surface area (Å²) in [5, 5.41) is 6.89. The number of para-hydroxylation sites is 1. The zero-order chi connectivity index (χ0) is 28.6. The van der Waals surface area contributed by atoms with E-state index in [9.17, 15) is 0 Å². The van der Waals surface area contributed by atoms with Crippen molar-refractivity contribution in [3.63, 3.8) is 0 Å². The van der Waals surface area contributed by atoms with E-state index in [1.807, 2.05) is 12.1 Å². The molecule has 0 saturated heterocycles. The smallest absolute Gasteiger partial charge is 0.0978 e. The highest BCUT2D eigenvalue weighted by Gasteiger charge is 2.14. The molecule has 2 heterocycles. The fourth-order valence-corrected chi connectivity index (χ4v) is 5.91. The summed E-state index contributed by atoms with van der Waals surface area (Å²) >= 11 is 0. The molecule has 1 N–H and O–H groups in total. The Bertz CT molecular complexity index is 2240. The lowest BCUT2D eigenvalue weighted by Crippen LogP contribution is -1.94. The van der Waals surface area contributed by atoms with Crippen molar-refractivity contribution in [3.8, 4) is 33.5 Å². The summed E-state index contributed by atoms with van der Waals surface area (Å²) in [6.07, 6.45) is 0. The van der Waals surface area contributed by atoms with Gasteiger partial charge in [0.05, 0.1) is 22.2 Å². The van der Waals surface area contributed by atoms with Crippen LogP contribution in [0.3, 0.4) is 0 Å². The Balaban J connectivity index is 1.20. The molecule has 0 radical (unpaired) electrons. The zero-order valence-corrected chi connectivity index (χ0v) is 23.4. The number of aromatic nitrogens is 2. The maximum absolute atomic E-state index is 5.22. The Morgan fingerprint density at radius 1 is 0.395 bits per heavy atom. The van der Waals surface area contributed by atoms with E-state index in [0.29, 0.717) is 0 Å². The maximum Gasteiger partial charge on any atom is 0.0978 e. The molecule has 43 heavy (non-hydrogen) atoms. The van der Waals surface area contributed by atoms with Crippen molar-refractivity contribution >= 4 is 44.1 Å². The first-order valence-electron chi connectivity index (χ1n) is 14.5. The lowest BCUT2D eigenvalue weighted by Gasteiger charge is -2.13. The van der Waals surface area contributed by atoms with Crippen LogP contribution in [0.5, 0.6) is 0 Å². The molecule has 0 aliphatic heterocycles. The summed E-state index contributed by atoms with van der Waals surface area (Å²) in [6.45, 7) is 0. The summed E-state index contributed by atoms with van der Waals surface area (Å²) in [5.41, 5.74) is 11.6.